The molecule has 0 aliphatic heterocycles. The SMILES string of the molecule is O=S(=O)([O-])c1cc(Br)ccc1-c1[c-]cc(Br)cc1.O=S(=O)=O.[Na+].[Na+]. The number of halogens is 2. The third-order valence-electron chi connectivity index (χ3n) is 2.28. The van der Waals surface area contributed by atoms with Crippen molar-refractivity contribution in [3.05, 3.63) is 51.4 Å². The number of hydrogen-bond donors (Lipinski definition) is 0. The summed E-state index contributed by atoms with van der Waals surface area (Å²) in [4.78, 5) is -0.254. The molecule has 2 aromatic rings. The van der Waals surface area contributed by atoms with Crippen LogP contribution in [0.1, 0.15) is 0 Å². The summed E-state index contributed by atoms with van der Waals surface area (Å²) in [7, 11) is -7.64. The molecule has 2 rings (SSSR count). The molecule has 0 bridgehead atoms. The average Bonchev–Trinajstić information content (AvgIpc) is 2.38. The van der Waals surface area contributed by atoms with Crippen LogP contribution >= 0.6 is 31.9 Å². The molecule has 118 valence electrons. The second-order valence-corrected chi connectivity index (χ2v) is 7.31. The minimum Gasteiger partial charge on any atom is -0.745 e. The van der Waals surface area contributed by atoms with Crippen LogP contribution in [-0.4, -0.2) is 25.6 Å². The van der Waals surface area contributed by atoms with Crippen molar-refractivity contribution in [2.45, 2.75) is 4.90 Å². The first-order valence-electron chi connectivity index (χ1n) is 5.31. The summed E-state index contributed by atoms with van der Waals surface area (Å²) in [5, 5.41) is 0. The van der Waals surface area contributed by atoms with E-state index in [4.69, 9.17) is 12.6 Å². The van der Waals surface area contributed by atoms with Gasteiger partial charge >= 0.3 is 69.7 Å². The van der Waals surface area contributed by atoms with Crippen LogP contribution in [0.5, 0.6) is 0 Å². The van der Waals surface area contributed by atoms with Crippen LogP contribution in [0.2, 0.25) is 0 Å². The molecular formula is C12H6Br2Na2O6S2. The van der Waals surface area contributed by atoms with Crippen LogP contribution in [0.15, 0.2) is 50.2 Å². The van der Waals surface area contributed by atoms with Crippen molar-refractivity contribution in [1.29, 1.82) is 0 Å². The summed E-state index contributed by atoms with van der Waals surface area (Å²) in [5.74, 6) is 0. The van der Waals surface area contributed by atoms with E-state index < -0.39 is 20.7 Å². The van der Waals surface area contributed by atoms with Gasteiger partial charge in [0.25, 0.3) is 0 Å². The molecular weight excluding hydrogens is 510 g/mol. The van der Waals surface area contributed by atoms with Crippen molar-refractivity contribution in [3.8, 4) is 11.1 Å². The van der Waals surface area contributed by atoms with Crippen molar-refractivity contribution in [1.82, 2.24) is 0 Å². The fraction of sp³-hybridized carbons (Fsp3) is 0. The molecule has 2 aromatic carbocycles. The van der Waals surface area contributed by atoms with E-state index in [-0.39, 0.29) is 64.0 Å². The maximum absolute atomic E-state index is 11.2. The molecule has 0 aliphatic carbocycles. The molecule has 0 fully saturated rings. The topological polar surface area (TPSA) is 108 Å². The summed E-state index contributed by atoms with van der Waals surface area (Å²) in [5.41, 5.74) is 0.904. The number of benzene rings is 2. The molecule has 0 saturated heterocycles. The summed E-state index contributed by atoms with van der Waals surface area (Å²) < 4.78 is 60.4. The quantitative estimate of drug-likeness (QED) is 0.234. The normalized spacial score (nSPS) is 9.62. The molecule has 0 amide bonds. The van der Waals surface area contributed by atoms with E-state index in [1.54, 1.807) is 30.3 Å². The van der Waals surface area contributed by atoms with E-state index >= 15 is 0 Å². The molecule has 0 aliphatic rings. The zero-order valence-corrected chi connectivity index (χ0v) is 21.3. The Labute approximate surface area is 202 Å². The summed E-state index contributed by atoms with van der Waals surface area (Å²) in [6.07, 6.45) is 0. The Balaban J connectivity index is 0. The van der Waals surface area contributed by atoms with Gasteiger partial charge in [-0.15, -0.1) is 58.4 Å². The van der Waals surface area contributed by atoms with Gasteiger partial charge in [-0.3, -0.25) is 0 Å². The Hall–Kier alpha value is 0.930. The van der Waals surface area contributed by atoms with Crippen LogP contribution < -0.4 is 59.1 Å². The smallest absolute Gasteiger partial charge is 0.745 e. The van der Waals surface area contributed by atoms with Crippen molar-refractivity contribution in [2.24, 2.45) is 0 Å². The molecule has 24 heavy (non-hydrogen) atoms. The maximum Gasteiger partial charge on any atom is 1.00 e. The van der Waals surface area contributed by atoms with E-state index in [1.807, 2.05) is 0 Å². The van der Waals surface area contributed by atoms with Crippen molar-refractivity contribution in [3.63, 3.8) is 0 Å². The van der Waals surface area contributed by atoms with E-state index in [0.29, 0.717) is 15.6 Å². The Bertz CT molecular complexity index is 878. The van der Waals surface area contributed by atoms with Gasteiger partial charge in [0, 0.05) is 9.37 Å². The van der Waals surface area contributed by atoms with E-state index in [9.17, 15) is 13.0 Å². The Morgan fingerprint density at radius 1 is 0.958 bits per heavy atom. The van der Waals surface area contributed by atoms with Crippen LogP contribution in [0.25, 0.3) is 11.1 Å². The van der Waals surface area contributed by atoms with Crippen LogP contribution in [0.3, 0.4) is 0 Å². The molecule has 0 spiro atoms. The first-order chi connectivity index (χ1) is 10.1. The maximum atomic E-state index is 11.2. The van der Waals surface area contributed by atoms with Gasteiger partial charge in [-0.05, 0) is 6.07 Å². The van der Waals surface area contributed by atoms with E-state index in [2.05, 4.69) is 37.9 Å². The van der Waals surface area contributed by atoms with Gasteiger partial charge in [-0.2, -0.15) is 0 Å². The number of rotatable bonds is 2. The fourth-order valence-electron chi connectivity index (χ4n) is 1.50. The van der Waals surface area contributed by atoms with Gasteiger partial charge in [-0.1, -0.05) is 38.1 Å². The third kappa shape index (κ3) is 9.58. The monoisotopic (exact) mass is 514 g/mol. The Morgan fingerprint density at radius 2 is 1.46 bits per heavy atom. The zero-order chi connectivity index (χ0) is 16.9. The molecule has 0 atom stereocenters. The molecule has 0 N–H and O–H groups in total. The Kier molecular flexibility index (Phi) is 14.0. The van der Waals surface area contributed by atoms with E-state index in [0.717, 1.165) is 4.47 Å². The van der Waals surface area contributed by atoms with E-state index in [1.165, 1.54) is 6.07 Å². The first kappa shape index (κ1) is 27.2. The average molecular weight is 516 g/mol. The summed E-state index contributed by atoms with van der Waals surface area (Å²) in [6, 6.07) is 12.6. The van der Waals surface area contributed by atoms with Gasteiger partial charge in [0.1, 0.15) is 10.1 Å². The van der Waals surface area contributed by atoms with Crippen LogP contribution in [-0.2, 0) is 20.7 Å². The molecule has 0 heterocycles. The molecule has 0 unspecified atom stereocenters. The Morgan fingerprint density at radius 3 is 1.88 bits per heavy atom. The minimum absolute atomic E-state index is 0. The fourth-order valence-corrected chi connectivity index (χ4v) is 2.98. The minimum atomic E-state index is -4.53. The molecule has 12 heteroatoms. The zero-order valence-electron chi connectivity index (χ0n) is 12.5. The van der Waals surface area contributed by atoms with Crippen LogP contribution in [0.4, 0.5) is 0 Å². The van der Waals surface area contributed by atoms with Gasteiger partial charge in [0.05, 0.1) is 0 Å². The second kappa shape index (κ2) is 12.3. The van der Waals surface area contributed by atoms with Crippen LogP contribution in [0, 0.1) is 6.07 Å². The second-order valence-electron chi connectivity index (χ2n) is 3.72. The number of hydrogen-bond acceptors (Lipinski definition) is 6. The van der Waals surface area contributed by atoms with Crippen molar-refractivity contribution >= 4 is 52.6 Å². The van der Waals surface area contributed by atoms with Gasteiger partial charge in [-0.25, -0.2) is 8.42 Å². The van der Waals surface area contributed by atoms with Gasteiger partial charge < -0.3 is 4.55 Å². The molecule has 0 aromatic heterocycles. The molecule has 6 nitrogen and oxygen atoms in total. The largest absolute Gasteiger partial charge is 1.00 e. The summed E-state index contributed by atoms with van der Waals surface area (Å²) in [6.45, 7) is 0. The molecule has 0 radical (unpaired) electrons. The van der Waals surface area contributed by atoms with Gasteiger partial charge in [0.15, 0.2) is 0 Å². The van der Waals surface area contributed by atoms with Crippen molar-refractivity contribution < 1.29 is 84.7 Å². The molecule has 0 saturated carbocycles. The first-order valence-corrected chi connectivity index (χ1v) is 9.30. The standard InChI is InChI=1S/C12H7Br2O3S.2Na.O3S/c13-9-3-1-8(2-4-9)11-6-5-10(14)7-12(11)18(15,16)17;;;1-4(2)3/h1,3-7H,(H,15,16,17);;;/q-1;2*+1;/p-1. The van der Waals surface area contributed by atoms with Crippen molar-refractivity contribution in [2.75, 3.05) is 0 Å². The predicted octanol–water partition coefficient (Wildman–Crippen LogP) is -3.41. The van der Waals surface area contributed by atoms with Gasteiger partial charge in [0.2, 0.25) is 0 Å². The predicted molar refractivity (Wildman–Crippen MR) is 83.8 cm³/mol. The third-order valence-corrected chi connectivity index (χ3v) is 4.14. The summed E-state index contributed by atoms with van der Waals surface area (Å²) >= 11 is 6.42.